The fourth-order valence-corrected chi connectivity index (χ4v) is 3.93. The molecule has 0 spiro atoms. The normalized spacial score (nSPS) is 22.8. The molecule has 1 amide bonds. The van der Waals surface area contributed by atoms with Crippen molar-refractivity contribution in [2.24, 2.45) is 5.41 Å². The zero-order chi connectivity index (χ0) is 18.4. The van der Waals surface area contributed by atoms with Crippen LogP contribution in [0.5, 0.6) is 11.5 Å². The molecule has 1 aromatic rings. The van der Waals surface area contributed by atoms with Crippen LogP contribution in [0.25, 0.3) is 0 Å². The molecular formula is C20H25NO4. The minimum Gasteiger partial charge on any atom is -0.497 e. The van der Waals surface area contributed by atoms with Gasteiger partial charge in [0.25, 0.3) is 0 Å². The van der Waals surface area contributed by atoms with Gasteiger partial charge in [-0.25, -0.2) is 0 Å². The molecule has 0 fully saturated rings. The lowest BCUT2D eigenvalue weighted by atomic mass is 9.69. The maximum atomic E-state index is 12.9. The van der Waals surface area contributed by atoms with E-state index >= 15 is 0 Å². The van der Waals surface area contributed by atoms with Crippen molar-refractivity contribution in [2.75, 3.05) is 21.3 Å². The van der Waals surface area contributed by atoms with Crippen LogP contribution in [-0.4, -0.2) is 37.9 Å². The van der Waals surface area contributed by atoms with Crippen LogP contribution in [0.4, 0.5) is 0 Å². The molecule has 5 nitrogen and oxygen atoms in total. The number of Topliss-reactive ketones (excluding diaryl/α,β-unsaturated/α-hetero) is 1. The molecule has 0 N–H and O–H groups in total. The van der Waals surface area contributed by atoms with E-state index in [4.69, 9.17) is 9.47 Å². The van der Waals surface area contributed by atoms with Gasteiger partial charge in [-0.3, -0.25) is 9.59 Å². The number of amides is 1. The minimum absolute atomic E-state index is 0.0344. The first kappa shape index (κ1) is 17.5. The number of carbonyl (C=O) groups excluding carboxylic acids is 2. The predicted octanol–water partition coefficient (Wildman–Crippen LogP) is 3.29. The Balaban J connectivity index is 2.15. The molecule has 1 heterocycles. The van der Waals surface area contributed by atoms with E-state index in [1.54, 1.807) is 32.2 Å². The lowest BCUT2D eigenvalue weighted by Crippen LogP contribution is -2.41. The van der Waals surface area contributed by atoms with E-state index in [2.05, 4.69) is 13.8 Å². The summed E-state index contributed by atoms with van der Waals surface area (Å²) in [5.41, 5.74) is 2.37. The zero-order valence-electron chi connectivity index (χ0n) is 15.5. The number of hydrogen-bond donors (Lipinski definition) is 0. The zero-order valence-corrected chi connectivity index (χ0v) is 15.5. The standard InChI is InChI=1S/C20H25NO4/c1-20(2)10-15-19(16(22)11-20)14(9-18(23)21(15)3)13-7-6-12(24-4)8-17(13)25-5/h6-8,14H,9-11H2,1-5H3/t14-/m0/s1. The molecule has 0 saturated heterocycles. The van der Waals surface area contributed by atoms with E-state index in [1.807, 2.05) is 12.1 Å². The Morgan fingerprint density at radius 2 is 1.84 bits per heavy atom. The number of allylic oxidation sites excluding steroid dienone is 2. The third-order valence-corrected chi connectivity index (χ3v) is 5.22. The molecule has 1 atom stereocenters. The Bertz CT molecular complexity index is 763. The van der Waals surface area contributed by atoms with E-state index in [0.29, 0.717) is 17.9 Å². The molecule has 3 rings (SSSR count). The van der Waals surface area contributed by atoms with E-state index < -0.39 is 0 Å². The molecule has 1 aliphatic carbocycles. The topological polar surface area (TPSA) is 55.8 Å². The number of benzene rings is 1. The molecule has 0 unspecified atom stereocenters. The fraction of sp³-hybridized carbons (Fsp3) is 0.500. The molecule has 0 radical (unpaired) electrons. The number of ketones is 1. The highest BCUT2D eigenvalue weighted by molar-refractivity contribution is 6.02. The van der Waals surface area contributed by atoms with Crippen molar-refractivity contribution in [2.45, 2.75) is 39.0 Å². The second kappa shape index (κ2) is 6.21. The quantitative estimate of drug-likeness (QED) is 0.845. The monoisotopic (exact) mass is 343 g/mol. The largest absolute Gasteiger partial charge is 0.497 e. The Morgan fingerprint density at radius 1 is 1.12 bits per heavy atom. The first-order chi connectivity index (χ1) is 11.8. The van der Waals surface area contributed by atoms with Gasteiger partial charge in [0.2, 0.25) is 5.91 Å². The van der Waals surface area contributed by atoms with Gasteiger partial charge in [0.15, 0.2) is 5.78 Å². The number of carbonyl (C=O) groups is 2. The summed E-state index contributed by atoms with van der Waals surface area (Å²) in [5.74, 6) is 1.24. The van der Waals surface area contributed by atoms with Crippen LogP contribution in [-0.2, 0) is 9.59 Å². The van der Waals surface area contributed by atoms with Gasteiger partial charge in [0.05, 0.1) is 14.2 Å². The second-order valence-electron chi connectivity index (χ2n) is 7.62. The van der Waals surface area contributed by atoms with Gasteiger partial charge in [-0.1, -0.05) is 19.9 Å². The summed E-state index contributed by atoms with van der Waals surface area (Å²) < 4.78 is 10.8. The molecule has 25 heavy (non-hydrogen) atoms. The highest BCUT2D eigenvalue weighted by atomic mass is 16.5. The summed E-state index contributed by atoms with van der Waals surface area (Å²) >= 11 is 0. The maximum Gasteiger partial charge on any atom is 0.227 e. The third-order valence-electron chi connectivity index (χ3n) is 5.22. The van der Waals surface area contributed by atoms with Gasteiger partial charge in [-0.2, -0.15) is 0 Å². The summed E-state index contributed by atoms with van der Waals surface area (Å²) in [7, 11) is 4.96. The Morgan fingerprint density at radius 3 is 2.48 bits per heavy atom. The number of methoxy groups -OCH3 is 2. The summed E-state index contributed by atoms with van der Waals surface area (Å²) in [6, 6.07) is 5.55. The summed E-state index contributed by atoms with van der Waals surface area (Å²) in [6.45, 7) is 4.15. The summed E-state index contributed by atoms with van der Waals surface area (Å²) in [6.07, 6.45) is 1.51. The highest BCUT2D eigenvalue weighted by Crippen LogP contribution is 2.48. The van der Waals surface area contributed by atoms with Crippen LogP contribution in [0.3, 0.4) is 0 Å². The van der Waals surface area contributed by atoms with Gasteiger partial charge in [0.1, 0.15) is 11.5 Å². The van der Waals surface area contributed by atoms with Crippen molar-refractivity contribution < 1.29 is 19.1 Å². The van der Waals surface area contributed by atoms with E-state index in [-0.39, 0.29) is 29.4 Å². The van der Waals surface area contributed by atoms with Gasteiger partial charge < -0.3 is 14.4 Å². The Kier molecular flexibility index (Phi) is 4.35. The minimum atomic E-state index is -0.261. The average Bonchev–Trinajstić information content (AvgIpc) is 2.56. The highest BCUT2D eigenvalue weighted by Gasteiger charge is 2.43. The van der Waals surface area contributed by atoms with Gasteiger partial charge in [-0.15, -0.1) is 0 Å². The van der Waals surface area contributed by atoms with Crippen molar-refractivity contribution >= 4 is 11.7 Å². The van der Waals surface area contributed by atoms with E-state index in [9.17, 15) is 9.59 Å². The van der Waals surface area contributed by atoms with Crippen LogP contribution < -0.4 is 9.47 Å². The number of rotatable bonds is 3. The van der Waals surface area contributed by atoms with Crippen molar-refractivity contribution in [1.29, 1.82) is 0 Å². The van der Waals surface area contributed by atoms with Crippen molar-refractivity contribution in [3.05, 3.63) is 35.0 Å². The molecule has 1 aromatic carbocycles. The number of ether oxygens (including phenoxy) is 2. The summed E-state index contributed by atoms with van der Waals surface area (Å²) in [5, 5.41) is 0. The molecule has 5 heteroatoms. The summed E-state index contributed by atoms with van der Waals surface area (Å²) in [4.78, 5) is 27.2. The third kappa shape index (κ3) is 3.03. The van der Waals surface area contributed by atoms with Crippen molar-refractivity contribution in [1.82, 2.24) is 4.90 Å². The molecule has 0 aromatic heterocycles. The smallest absolute Gasteiger partial charge is 0.227 e. The lowest BCUT2D eigenvalue weighted by molar-refractivity contribution is -0.130. The first-order valence-corrected chi connectivity index (χ1v) is 8.52. The molecule has 0 saturated carbocycles. The SMILES string of the molecule is COc1ccc([C@@H]2CC(=O)N(C)C3=C2C(=O)CC(C)(C)C3)c(OC)c1. The average molecular weight is 343 g/mol. The second-order valence-corrected chi connectivity index (χ2v) is 7.62. The number of nitrogens with zero attached hydrogens (tertiary/aromatic N) is 1. The van der Waals surface area contributed by atoms with Crippen LogP contribution in [0.15, 0.2) is 29.5 Å². The van der Waals surface area contributed by atoms with E-state index in [0.717, 1.165) is 23.3 Å². The first-order valence-electron chi connectivity index (χ1n) is 8.52. The van der Waals surface area contributed by atoms with Crippen LogP contribution >= 0.6 is 0 Å². The predicted molar refractivity (Wildman–Crippen MR) is 94.7 cm³/mol. The van der Waals surface area contributed by atoms with Crippen molar-refractivity contribution in [3.63, 3.8) is 0 Å². The molecule has 0 bridgehead atoms. The maximum absolute atomic E-state index is 12.9. The lowest BCUT2D eigenvalue weighted by Gasteiger charge is -2.41. The fourth-order valence-electron chi connectivity index (χ4n) is 3.93. The molecule has 134 valence electrons. The Hall–Kier alpha value is -2.30. The van der Waals surface area contributed by atoms with Crippen LogP contribution in [0.1, 0.15) is 44.6 Å². The molecule has 1 aliphatic heterocycles. The van der Waals surface area contributed by atoms with Gasteiger partial charge in [-0.05, 0) is 17.9 Å². The van der Waals surface area contributed by atoms with Crippen molar-refractivity contribution in [3.8, 4) is 11.5 Å². The van der Waals surface area contributed by atoms with Gasteiger partial charge >= 0.3 is 0 Å². The van der Waals surface area contributed by atoms with Crippen LogP contribution in [0, 0.1) is 5.41 Å². The molecule has 2 aliphatic rings. The van der Waals surface area contributed by atoms with Crippen LogP contribution in [0.2, 0.25) is 0 Å². The molecular weight excluding hydrogens is 318 g/mol. The number of hydrogen-bond acceptors (Lipinski definition) is 4. The van der Waals surface area contributed by atoms with Gasteiger partial charge in [0, 0.05) is 48.7 Å². The van der Waals surface area contributed by atoms with E-state index in [1.165, 1.54) is 0 Å². The Labute approximate surface area is 148 Å².